The molecule has 1 aliphatic heterocycles. The van der Waals surface area contributed by atoms with Gasteiger partial charge in [-0.25, -0.2) is 0 Å². The molecule has 90 valence electrons. The highest BCUT2D eigenvalue weighted by atomic mass is 16.5. The van der Waals surface area contributed by atoms with Crippen LogP contribution in [0.15, 0.2) is 47.5 Å². The zero-order chi connectivity index (χ0) is 12.4. The van der Waals surface area contributed by atoms with E-state index in [0.29, 0.717) is 6.67 Å². The van der Waals surface area contributed by atoms with Gasteiger partial charge in [-0.05, 0) is 23.3 Å². The molecular formula is C15H14N2O. The molecule has 0 unspecified atom stereocenters. The van der Waals surface area contributed by atoms with Gasteiger partial charge in [0.1, 0.15) is 12.4 Å². The number of anilines is 1. The Morgan fingerprint density at radius 3 is 2.72 bits per heavy atom. The minimum atomic E-state index is 0.605. The SMILES string of the molecule is COc1cc(-c2ccccc2)cc2c1NCN=C2. The van der Waals surface area contributed by atoms with Gasteiger partial charge >= 0.3 is 0 Å². The monoisotopic (exact) mass is 238 g/mol. The molecule has 0 radical (unpaired) electrons. The smallest absolute Gasteiger partial charge is 0.143 e. The number of nitrogens with one attached hydrogen (secondary N) is 1. The van der Waals surface area contributed by atoms with Crippen LogP contribution < -0.4 is 10.1 Å². The number of aliphatic imine (C=N–C) groups is 1. The predicted octanol–water partition coefficient (Wildman–Crippen LogP) is 3.16. The number of hydrogen-bond donors (Lipinski definition) is 1. The molecule has 1 N–H and O–H groups in total. The Kier molecular flexibility index (Phi) is 2.73. The molecule has 0 bridgehead atoms. The van der Waals surface area contributed by atoms with Crippen molar-refractivity contribution in [1.82, 2.24) is 0 Å². The van der Waals surface area contributed by atoms with Gasteiger partial charge in [-0.15, -0.1) is 0 Å². The van der Waals surface area contributed by atoms with Gasteiger partial charge in [0.25, 0.3) is 0 Å². The topological polar surface area (TPSA) is 33.6 Å². The molecule has 3 nitrogen and oxygen atoms in total. The fourth-order valence-electron chi connectivity index (χ4n) is 2.15. The summed E-state index contributed by atoms with van der Waals surface area (Å²) in [4.78, 5) is 4.24. The van der Waals surface area contributed by atoms with E-state index in [2.05, 4.69) is 34.6 Å². The Balaban J connectivity index is 2.16. The van der Waals surface area contributed by atoms with Crippen molar-refractivity contribution in [2.24, 2.45) is 4.99 Å². The Bertz CT molecular complexity index is 591. The van der Waals surface area contributed by atoms with Crippen LogP contribution in [0.4, 0.5) is 5.69 Å². The van der Waals surface area contributed by atoms with E-state index in [1.54, 1.807) is 7.11 Å². The summed E-state index contributed by atoms with van der Waals surface area (Å²) in [6.45, 7) is 0.605. The maximum Gasteiger partial charge on any atom is 0.143 e. The average molecular weight is 238 g/mol. The van der Waals surface area contributed by atoms with E-state index >= 15 is 0 Å². The molecule has 2 aromatic rings. The van der Waals surface area contributed by atoms with Gasteiger partial charge in [0.2, 0.25) is 0 Å². The van der Waals surface area contributed by atoms with Crippen molar-refractivity contribution in [2.45, 2.75) is 0 Å². The average Bonchev–Trinajstić information content (AvgIpc) is 2.47. The van der Waals surface area contributed by atoms with Crippen LogP contribution in [-0.2, 0) is 0 Å². The van der Waals surface area contributed by atoms with E-state index in [1.165, 1.54) is 5.56 Å². The fraction of sp³-hybridized carbons (Fsp3) is 0.133. The van der Waals surface area contributed by atoms with E-state index in [1.807, 2.05) is 24.4 Å². The summed E-state index contributed by atoms with van der Waals surface area (Å²) in [5.41, 5.74) is 4.41. The van der Waals surface area contributed by atoms with Gasteiger partial charge in [-0.2, -0.15) is 0 Å². The maximum atomic E-state index is 5.45. The lowest BCUT2D eigenvalue weighted by atomic mass is 10.0. The molecule has 1 aliphatic rings. The molecule has 18 heavy (non-hydrogen) atoms. The normalized spacial score (nSPS) is 12.7. The molecule has 0 aliphatic carbocycles. The standard InChI is InChI=1S/C15H14N2O/c1-18-14-8-12(11-5-3-2-4-6-11)7-13-9-16-10-17-15(13)14/h2-9,17H,10H2,1H3. The van der Waals surface area contributed by atoms with E-state index in [9.17, 15) is 0 Å². The van der Waals surface area contributed by atoms with Crippen molar-refractivity contribution in [3.63, 3.8) is 0 Å². The van der Waals surface area contributed by atoms with Crippen LogP contribution in [0.1, 0.15) is 5.56 Å². The zero-order valence-corrected chi connectivity index (χ0v) is 10.2. The predicted molar refractivity (Wildman–Crippen MR) is 74.5 cm³/mol. The van der Waals surface area contributed by atoms with E-state index in [4.69, 9.17) is 4.74 Å². The molecule has 3 heteroatoms. The lowest BCUT2D eigenvalue weighted by molar-refractivity contribution is 0.416. The van der Waals surface area contributed by atoms with Crippen LogP contribution in [0.5, 0.6) is 5.75 Å². The molecule has 0 fully saturated rings. The minimum Gasteiger partial charge on any atom is -0.495 e. The molecule has 1 heterocycles. The molecule has 2 aromatic carbocycles. The highest BCUT2D eigenvalue weighted by molar-refractivity contribution is 5.94. The first kappa shape index (κ1) is 10.8. The molecule has 0 atom stereocenters. The first-order valence-electron chi connectivity index (χ1n) is 5.89. The summed E-state index contributed by atoms with van der Waals surface area (Å²) >= 11 is 0. The van der Waals surface area contributed by atoms with Crippen molar-refractivity contribution in [3.05, 3.63) is 48.0 Å². The molecular weight excluding hydrogens is 224 g/mol. The highest BCUT2D eigenvalue weighted by Gasteiger charge is 2.13. The van der Waals surface area contributed by atoms with Crippen LogP contribution in [0, 0.1) is 0 Å². The second kappa shape index (κ2) is 4.53. The summed E-state index contributed by atoms with van der Waals surface area (Å²) in [7, 11) is 1.69. The zero-order valence-electron chi connectivity index (χ0n) is 10.2. The van der Waals surface area contributed by atoms with Gasteiger partial charge in [0.05, 0.1) is 12.8 Å². The van der Waals surface area contributed by atoms with Crippen molar-refractivity contribution in [1.29, 1.82) is 0 Å². The number of rotatable bonds is 2. The van der Waals surface area contributed by atoms with E-state index < -0.39 is 0 Å². The van der Waals surface area contributed by atoms with Gasteiger partial charge in [0.15, 0.2) is 0 Å². The second-order valence-electron chi connectivity index (χ2n) is 4.16. The van der Waals surface area contributed by atoms with E-state index in [0.717, 1.165) is 22.6 Å². The fourth-order valence-corrected chi connectivity index (χ4v) is 2.15. The van der Waals surface area contributed by atoms with Crippen molar-refractivity contribution >= 4 is 11.9 Å². The Morgan fingerprint density at radius 1 is 1.11 bits per heavy atom. The van der Waals surface area contributed by atoms with Crippen molar-refractivity contribution in [3.8, 4) is 16.9 Å². The Labute approximate surface area is 106 Å². The van der Waals surface area contributed by atoms with Gasteiger partial charge in [-0.3, -0.25) is 4.99 Å². The highest BCUT2D eigenvalue weighted by Crippen LogP contribution is 2.34. The van der Waals surface area contributed by atoms with Crippen molar-refractivity contribution < 1.29 is 4.74 Å². The quantitative estimate of drug-likeness (QED) is 0.871. The molecule has 0 amide bonds. The van der Waals surface area contributed by atoms with Crippen LogP contribution in [0.3, 0.4) is 0 Å². The Hall–Kier alpha value is -2.29. The van der Waals surface area contributed by atoms with E-state index in [-0.39, 0.29) is 0 Å². The summed E-state index contributed by atoms with van der Waals surface area (Å²) in [5, 5.41) is 3.24. The van der Waals surface area contributed by atoms with Gasteiger partial charge < -0.3 is 10.1 Å². The molecule has 0 aromatic heterocycles. The largest absolute Gasteiger partial charge is 0.495 e. The maximum absolute atomic E-state index is 5.45. The lowest BCUT2D eigenvalue weighted by Crippen LogP contribution is -2.09. The van der Waals surface area contributed by atoms with Crippen LogP contribution in [-0.4, -0.2) is 20.0 Å². The number of ether oxygens (including phenoxy) is 1. The number of benzene rings is 2. The lowest BCUT2D eigenvalue weighted by Gasteiger charge is -2.17. The second-order valence-corrected chi connectivity index (χ2v) is 4.16. The minimum absolute atomic E-state index is 0.605. The summed E-state index contributed by atoms with van der Waals surface area (Å²) in [6.07, 6.45) is 1.89. The van der Waals surface area contributed by atoms with Crippen LogP contribution in [0.25, 0.3) is 11.1 Å². The molecule has 0 saturated heterocycles. The third-order valence-corrected chi connectivity index (χ3v) is 3.04. The molecule has 0 spiro atoms. The first-order chi connectivity index (χ1) is 8.88. The van der Waals surface area contributed by atoms with Crippen LogP contribution in [0.2, 0.25) is 0 Å². The van der Waals surface area contributed by atoms with Gasteiger partial charge in [0, 0.05) is 11.8 Å². The number of nitrogens with zero attached hydrogens (tertiary/aromatic N) is 1. The van der Waals surface area contributed by atoms with Gasteiger partial charge in [-0.1, -0.05) is 30.3 Å². The summed E-state index contributed by atoms with van der Waals surface area (Å²) < 4.78 is 5.45. The molecule has 0 saturated carbocycles. The summed E-state index contributed by atoms with van der Waals surface area (Å²) in [5.74, 6) is 0.859. The third-order valence-electron chi connectivity index (χ3n) is 3.04. The number of fused-ring (bicyclic) bond motifs is 1. The van der Waals surface area contributed by atoms with Crippen LogP contribution >= 0.6 is 0 Å². The van der Waals surface area contributed by atoms with Crippen molar-refractivity contribution in [2.75, 3.05) is 19.1 Å². The Morgan fingerprint density at radius 2 is 1.94 bits per heavy atom. The number of methoxy groups -OCH3 is 1. The molecule has 3 rings (SSSR count). The summed E-state index contributed by atoms with van der Waals surface area (Å²) in [6, 6.07) is 14.5. The first-order valence-corrected chi connectivity index (χ1v) is 5.89. The third kappa shape index (κ3) is 1.84. The number of hydrogen-bond acceptors (Lipinski definition) is 3.